The van der Waals surface area contributed by atoms with E-state index in [4.69, 9.17) is 9.47 Å². The molecule has 0 aliphatic heterocycles. The number of aromatic nitrogens is 1. The van der Waals surface area contributed by atoms with Gasteiger partial charge in [-0.25, -0.2) is 0 Å². The topological polar surface area (TPSA) is 48.4 Å². The largest absolute Gasteiger partial charge is 0.495 e. The van der Waals surface area contributed by atoms with E-state index in [-0.39, 0.29) is 5.78 Å². The van der Waals surface area contributed by atoms with E-state index in [2.05, 4.69) is 11.9 Å². The highest BCUT2D eigenvalue weighted by atomic mass is 16.5. The number of rotatable bonds is 7. The molecule has 0 atom stereocenters. The van der Waals surface area contributed by atoms with Crippen molar-refractivity contribution in [3.63, 3.8) is 0 Å². The zero-order valence-electron chi connectivity index (χ0n) is 12.3. The summed E-state index contributed by atoms with van der Waals surface area (Å²) < 4.78 is 10.7. The van der Waals surface area contributed by atoms with Gasteiger partial charge in [0, 0.05) is 17.3 Å². The van der Waals surface area contributed by atoms with E-state index in [0.29, 0.717) is 23.5 Å². The van der Waals surface area contributed by atoms with Crippen LogP contribution >= 0.6 is 0 Å². The summed E-state index contributed by atoms with van der Waals surface area (Å²) in [5, 5.41) is 0. The number of carbonyl (C=O) groups is 1. The molecule has 21 heavy (non-hydrogen) atoms. The summed E-state index contributed by atoms with van der Waals surface area (Å²) in [5.41, 5.74) is 1.11. The Hall–Kier alpha value is -2.36. The first-order valence-electron chi connectivity index (χ1n) is 7.01. The lowest BCUT2D eigenvalue weighted by molar-refractivity contribution is 0.103. The lowest BCUT2D eigenvalue weighted by atomic mass is 10.0. The van der Waals surface area contributed by atoms with E-state index >= 15 is 0 Å². The number of unbranched alkanes of at least 4 members (excludes halogenated alkanes) is 1. The Morgan fingerprint density at radius 2 is 1.86 bits per heavy atom. The van der Waals surface area contributed by atoms with Gasteiger partial charge in [-0.3, -0.25) is 9.78 Å². The summed E-state index contributed by atoms with van der Waals surface area (Å²) in [6.07, 6.45) is 5.23. The van der Waals surface area contributed by atoms with Gasteiger partial charge in [0.15, 0.2) is 5.78 Å². The highest BCUT2D eigenvalue weighted by Crippen LogP contribution is 2.17. The van der Waals surface area contributed by atoms with Crippen LogP contribution in [0, 0.1) is 0 Å². The lowest BCUT2D eigenvalue weighted by Gasteiger charge is -2.07. The first kappa shape index (κ1) is 15.0. The average molecular weight is 285 g/mol. The summed E-state index contributed by atoms with van der Waals surface area (Å²) in [6.45, 7) is 2.82. The lowest BCUT2D eigenvalue weighted by Crippen LogP contribution is -2.03. The Balaban J connectivity index is 2.08. The van der Waals surface area contributed by atoms with Crippen LogP contribution in [0.4, 0.5) is 0 Å². The number of hydrogen-bond donors (Lipinski definition) is 0. The van der Waals surface area contributed by atoms with Gasteiger partial charge in [-0.15, -0.1) is 0 Å². The maximum Gasteiger partial charge on any atom is 0.194 e. The first-order chi connectivity index (χ1) is 10.2. The standard InChI is InChI=1S/C17H19NO3/c1-3-4-9-21-15-7-5-13(6-8-15)17(19)14-10-16(20-2)12-18-11-14/h5-8,10-12H,3-4,9H2,1-2H3. The summed E-state index contributed by atoms with van der Waals surface area (Å²) in [6, 6.07) is 8.85. The van der Waals surface area contributed by atoms with Gasteiger partial charge in [0.1, 0.15) is 11.5 Å². The third-order valence-corrected chi connectivity index (χ3v) is 3.09. The van der Waals surface area contributed by atoms with Gasteiger partial charge in [-0.05, 0) is 36.8 Å². The fraction of sp³-hybridized carbons (Fsp3) is 0.294. The van der Waals surface area contributed by atoms with Gasteiger partial charge in [0.05, 0.1) is 19.9 Å². The maximum atomic E-state index is 12.3. The van der Waals surface area contributed by atoms with Crippen LogP contribution < -0.4 is 9.47 Å². The fourth-order valence-electron chi connectivity index (χ4n) is 1.86. The minimum atomic E-state index is -0.0819. The van der Waals surface area contributed by atoms with Crippen LogP contribution in [-0.4, -0.2) is 24.5 Å². The van der Waals surface area contributed by atoms with Gasteiger partial charge in [-0.1, -0.05) is 13.3 Å². The Morgan fingerprint density at radius 1 is 1.10 bits per heavy atom. The third-order valence-electron chi connectivity index (χ3n) is 3.09. The van der Waals surface area contributed by atoms with Gasteiger partial charge in [-0.2, -0.15) is 0 Å². The second kappa shape index (κ2) is 7.43. The van der Waals surface area contributed by atoms with Crippen LogP contribution in [0.25, 0.3) is 0 Å². The van der Waals surface area contributed by atoms with Crippen molar-refractivity contribution in [3.8, 4) is 11.5 Å². The van der Waals surface area contributed by atoms with Crippen molar-refractivity contribution in [1.82, 2.24) is 4.98 Å². The Morgan fingerprint density at radius 3 is 2.52 bits per heavy atom. The van der Waals surface area contributed by atoms with Crippen molar-refractivity contribution in [2.24, 2.45) is 0 Å². The molecule has 0 saturated carbocycles. The van der Waals surface area contributed by atoms with E-state index in [1.807, 2.05) is 12.1 Å². The molecule has 0 spiro atoms. The quantitative estimate of drug-likeness (QED) is 0.577. The molecule has 0 radical (unpaired) electrons. The predicted molar refractivity (Wildman–Crippen MR) is 81.1 cm³/mol. The Kier molecular flexibility index (Phi) is 5.32. The molecule has 0 bridgehead atoms. The van der Waals surface area contributed by atoms with Gasteiger partial charge < -0.3 is 9.47 Å². The zero-order valence-corrected chi connectivity index (χ0v) is 12.3. The molecule has 2 rings (SSSR count). The van der Waals surface area contributed by atoms with E-state index in [9.17, 15) is 4.79 Å². The molecule has 0 fully saturated rings. The van der Waals surface area contributed by atoms with Crippen molar-refractivity contribution in [2.45, 2.75) is 19.8 Å². The highest BCUT2D eigenvalue weighted by molar-refractivity contribution is 6.09. The number of carbonyl (C=O) groups excluding carboxylic acids is 1. The van der Waals surface area contributed by atoms with Crippen LogP contribution in [0.5, 0.6) is 11.5 Å². The Labute approximate surface area is 124 Å². The molecule has 1 aromatic carbocycles. The number of ketones is 1. The predicted octanol–water partition coefficient (Wildman–Crippen LogP) is 3.50. The molecule has 0 saturated heterocycles. The van der Waals surface area contributed by atoms with E-state index in [1.54, 1.807) is 31.5 Å². The minimum Gasteiger partial charge on any atom is -0.495 e. The van der Waals surface area contributed by atoms with E-state index in [1.165, 1.54) is 6.20 Å². The molecule has 1 aromatic heterocycles. The molecule has 0 N–H and O–H groups in total. The van der Waals surface area contributed by atoms with Crippen molar-refractivity contribution >= 4 is 5.78 Å². The molecule has 0 amide bonds. The molecule has 4 heteroatoms. The second-order valence-corrected chi connectivity index (χ2v) is 4.67. The van der Waals surface area contributed by atoms with Crippen molar-refractivity contribution in [1.29, 1.82) is 0 Å². The number of hydrogen-bond acceptors (Lipinski definition) is 4. The summed E-state index contributed by atoms with van der Waals surface area (Å²) in [7, 11) is 1.55. The fourth-order valence-corrected chi connectivity index (χ4v) is 1.86. The maximum absolute atomic E-state index is 12.3. The summed E-state index contributed by atoms with van der Waals surface area (Å²) >= 11 is 0. The molecule has 0 aliphatic rings. The van der Waals surface area contributed by atoms with Crippen LogP contribution in [-0.2, 0) is 0 Å². The number of benzene rings is 1. The molecule has 2 aromatic rings. The molecule has 0 aliphatic carbocycles. The van der Waals surface area contributed by atoms with Crippen molar-refractivity contribution in [3.05, 3.63) is 53.9 Å². The van der Waals surface area contributed by atoms with Crippen LogP contribution in [0.3, 0.4) is 0 Å². The molecule has 1 heterocycles. The molecule has 0 unspecified atom stereocenters. The molecule has 110 valence electrons. The smallest absolute Gasteiger partial charge is 0.194 e. The number of ether oxygens (including phenoxy) is 2. The number of nitrogens with zero attached hydrogens (tertiary/aromatic N) is 1. The highest BCUT2D eigenvalue weighted by Gasteiger charge is 2.10. The summed E-state index contributed by atoms with van der Waals surface area (Å²) in [4.78, 5) is 16.3. The SMILES string of the molecule is CCCCOc1ccc(C(=O)c2cncc(OC)c2)cc1. The van der Waals surface area contributed by atoms with Crippen molar-refractivity contribution in [2.75, 3.05) is 13.7 Å². The van der Waals surface area contributed by atoms with Crippen molar-refractivity contribution < 1.29 is 14.3 Å². The Bertz CT molecular complexity index is 593. The van der Waals surface area contributed by atoms with Gasteiger partial charge >= 0.3 is 0 Å². The minimum absolute atomic E-state index is 0.0819. The van der Waals surface area contributed by atoms with Crippen LogP contribution in [0.2, 0.25) is 0 Å². The summed E-state index contributed by atoms with van der Waals surface area (Å²) in [5.74, 6) is 1.27. The van der Waals surface area contributed by atoms with Gasteiger partial charge in [0.25, 0.3) is 0 Å². The van der Waals surface area contributed by atoms with Gasteiger partial charge in [0.2, 0.25) is 0 Å². The molecular weight excluding hydrogens is 266 g/mol. The van der Waals surface area contributed by atoms with E-state index < -0.39 is 0 Å². The number of methoxy groups -OCH3 is 1. The molecular formula is C17H19NO3. The third kappa shape index (κ3) is 4.05. The first-order valence-corrected chi connectivity index (χ1v) is 7.01. The van der Waals surface area contributed by atoms with Crippen LogP contribution in [0.15, 0.2) is 42.7 Å². The molecule has 4 nitrogen and oxygen atoms in total. The van der Waals surface area contributed by atoms with Crippen LogP contribution in [0.1, 0.15) is 35.7 Å². The monoisotopic (exact) mass is 285 g/mol. The number of pyridine rings is 1. The van der Waals surface area contributed by atoms with E-state index in [0.717, 1.165) is 18.6 Å². The average Bonchev–Trinajstić information content (AvgIpc) is 2.55. The normalized spacial score (nSPS) is 10.2. The zero-order chi connectivity index (χ0) is 15.1. The second-order valence-electron chi connectivity index (χ2n) is 4.67.